The van der Waals surface area contributed by atoms with Crippen LogP contribution in [-0.4, -0.2) is 27.5 Å². The molecule has 3 nitrogen and oxygen atoms in total. The van der Waals surface area contributed by atoms with Crippen molar-refractivity contribution < 1.29 is 14.2 Å². The lowest BCUT2D eigenvalue weighted by Gasteiger charge is -2.24. The van der Waals surface area contributed by atoms with Crippen LogP contribution in [0.4, 0.5) is 0 Å². The average Bonchev–Trinajstić information content (AvgIpc) is 2.14. The van der Waals surface area contributed by atoms with Gasteiger partial charge in [-0.3, -0.25) is 4.57 Å². The summed E-state index contributed by atoms with van der Waals surface area (Å²) >= 11 is 3.27. The topological polar surface area (TPSA) is 46.5 Å². The van der Waals surface area contributed by atoms with E-state index < -0.39 is 17.5 Å². The molecule has 1 N–H and O–H groups in total. The first-order valence-electron chi connectivity index (χ1n) is 4.41. The van der Waals surface area contributed by atoms with Gasteiger partial charge < -0.3 is 9.63 Å². The quantitative estimate of drug-likeness (QED) is 0.620. The van der Waals surface area contributed by atoms with Gasteiger partial charge in [0, 0.05) is 6.16 Å². The first kappa shape index (κ1) is 11.7. The fourth-order valence-electron chi connectivity index (χ4n) is 1.50. The summed E-state index contributed by atoms with van der Waals surface area (Å²) in [7, 11) is -2.67. The summed E-state index contributed by atoms with van der Waals surface area (Å²) in [6.45, 7) is 5.40. The third kappa shape index (κ3) is 2.35. The van der Waals surface area contributed by atoms with Crippen LogP contribution in [0.15, 0.2) is 0 Å². The minimum absolute atomic E-state index is 0.0558. The van der Waals surface area contributed by atoms with E-state index in [2.05, 4.69) is 15.9 Å². The van der Waals surface area contributed by atoms with Crippen molar-refractivity contribution in [3.05, 3.63) is 0 Å². The van der Waals surface area contributed by atoms with E-state index in [9.17, 15) is 9.67 Å². The van der Waals surface area contributed by atoms with Gasteiger partial charge in [-0.2, -0.15) is 0 Å². The molecule has 1 saturated heterocycles. The van der Waals surface area contributed by atoms with Crippen molar-refractivity contribution in [2.24, 2.45) is 0 Å². The Hall–Kier alpha value is 0.630. The van der Waals surface area contributed by atoms with E-state index in [0.29, 0.717) is 12.6 Å². The van der Waals surface area contributed by atoms with Crippen LogP contribution in [0.1, 0.15) is 27.2 Å². The molecule has 0 bridgehead atoms. The number of hydrogen-bond donors (Lipinski definition) is 1. The molecule has 1 heterocycles. The van der Waals surface area contributed by atoms with Crippen molar-refractivity contribution in [3.63, 3.8) is 0 Å². The molecule has 0 spiro atoms. The molecule has 5 heteroatoms. The normalized spacial score (nSPS) is 45.8. The highest BCUT2D eigenvalue weighted by Crippen LogP contribution is 2.65. The fraction of sp³-hybridized carbons (Fsp3) is 1.00. The molecule has 0 aromatic heterocycles. The lowest BCUT2D eigenvalue weighted by Crippen LogP contribution is -2.29. The average molecular weight is 271 g/mol. The number of aliphatic hydroxyl groups is 1. The predicted molar refractivity (Wildman–Crippen MR) is 56.7 cm³/mol. The molecule has 0 amide bonds. The van der Waals surface area contributed by atoms with Crippen molar-refractivity contribution in [3.8, 4) is 0 Å². The van der Waals surface area contributed by atoms with Crippen LogP contribution < -0.4 is 0 Å². The largest absolute Gasteiger partial charge is 0.388 e. The molecule has 1 fully saturated rings. The van der Waals surface area contributed by atoms with Crippen molar-refractivity contribution in [2.75, 3.05) is 6.16 Å². The highest BCUT2D eigenvalue weighted by molar-refractivity contribution is 9.10. The highest BCUT2D eigenvalue weighted by atomic mass is 79.9. The minimum atomic E-state index is -2.67. The lowest BCUT2D eigenvalue weighted by molar-refractivity contribution is 0.0804. The molecule has 0 aliphatic carbocycles. The van der Waals surface area contributed by atoms with Gasteiger partial charge in [0.1, 0.15) is 4.57 Å². The van der Waals surface area contributed by atoms with Crippen LogP contribution in [-0.2, 0) is 9.09 Å². The van der Waals surface area contributed by atoms with Gasteiger partial charge in [-0.25, -0.2) is 0 Å². The van der Waals surface area contributed by atoms with Crippen LogP contribution in [0.3, 0.4) is 0 Å². The summed E-state index contributed by atoms with van der Waals surface area (Å²) < 4.78 is 17.1. The van der Waals surface area contributed by atoms with Crippen molar-refractivity contribution >= 4 is 23.3 Å². The van der Waals surface area contributed by atoms with E-state index >= 15 is 0 Å². The Balaban J connectivity index is 2.78. The van der Waals surface area contributed by atoms with Crippen LogP contribution >= 0.6 is 23.3 Å². The molecule has 78 valence electrons. The zero-order valence-electron chi connectivity index (χ0n) is 8.16. The SMILES string of the molecule is CC(C)O[P@]1(=O)CC[C@@](C)(O)[C@@H]1Br. The van der Waals surface area contributed by atoms with Gasteiger partial charge in [0.15, 0.2) is 0 Å². The van der Waals surface area contributed by atoms with Gasteiger partial charge in [-0.05, 0) is 27.2 Å². The van der Waals surface area contributed by atoms with E-state index in [1.165, 1.54) is 0 Å². The summed E-state index contributed by atoms with van der Waals surface area (Å²) in [6.07, 6.45) is 0.945. The molecule has 3 atom stereocenters. The number of alkyl halides is 1. The summed E-state index contributed by atoms with van der Waals surface area (Å²) in [4.78, 5) is 0. The molecule has 0 aromatic rings. The summed E-state index contributed by atoms with van der Waals surface area (Å²) in [5.41, 5.74) is -0.898. The van der Waals surface area contributed by atoms with E-state index in [-0.39, 0.29) is 6.10 Å². The number of halogens is 1. The maximum Gasteiger partial charge on any atom is 0.219 e. The fourth-order valence-corrected chi connectivity index (χ4v) is 5.53. The molecule has 0 unspecified atom stereocenters. The van der Waals surface area contributed by atoms with E-state index in [4.69, 9.17) is 4.52 Å². The Kier molecular flexibility index (Phi) is 3.29. The molecule has 0 aromatic carbocycles. The Labute approximate surface area is 87.4 Å². The minimum Gasteiger partial charge on any atom is -0.388 e. The first-order chi connectivity index (χ1) is 5.78. The Bertz CT molecular complexity index is 240. The Morgan fingerprint density at radius 3 is 2.54 bits per heavy atom. The second kappa shape index (κ2) is 3.65. The molecular formula is C8H16BrO3P. The molecule has 1 aliphatic rings. The van der Waals surface area contributed by atoms with Crippen molar-refractivity contribution in [1.82, 2.24) is 0 Å². The van der Waals surface area contributed by atoms with Crippen LogP contribution in [0.2, 0.25) is 0 Å². The first-order valence-corrected chi connectivity index (χ1v) is 7.21. The second-order valence-electron chi connectivity index (χ2n) is 4.05. The maximum absolute atomic E-state index is 12.1. The van der Waals surface area contributed by atoms with Crippen molar-refractivity contribution in [1.29, 1.82) is 0 Å². The van der Waals surface area contributed by atoms with Gasteiger partial charge in [-0.15, -0.1) is 0 Å². The molecule has 1 rings (SSSR count). The number of rotatable bonds is 2. The Morgan fingerprint density at radius 1 is 1.69 bits per heavy atom. The van der Waals surface area contributed by atoms with Gasteiger partial charge >= 0.3 is 0 Å². The van der Waals surface area contributed by atoms with Crippen LogP contribution in [0, 0.1) is 0 Å². The third-order valence-electron chi connectivity index (χ3n) is 2.18. The number of hydrogen-bond acceptors (Lipinski definition) is 3. The van der Waals surface area contributed by atoms with E-state index in [1.807, 2.05) is 13.8 Å². The van der Waals surface area contributed by atoms with Gasteiger partial charge in [0.25, 0.3) is 0 Å². The van der Waals surface area contributed by atoms with Gasteiger partial charge in [0.05, 0.1) is 11.7 Å². The van der Waals surface area contributed by atoms with E-state index in [1.54, 1.807) is 6.92 Å². The maximum atomic E-state index is 12.1. The summed E-state index contributed by atoms with van der Waals surface area (Å²) in [6, 6.07) is 0. The lowest BCUT2D eigenvalue weighted by atomic mass is 10.1. The van der Waals surface area contributed by atoms with Crippen LogP contribution in [0.25, 0.3) is 0 Å². The van der Waals surface area contributed by atoms with E-state index in [0.717, 1.165) is 0 Å². The standard InChI is InChI=1S/C8H16BrO3P/c1-6(2)12-13(11)5-4-8(3,10)7(13)9/h6-7,10H,4-5H2,1-3H3/t7-,8-,13-/m1/s1. The van der Waals surface area contributed by atoms with Crippen molar-refractivity contribution in [2.45, 2.75) is 43.5 Å². The van der Waals surface area contributed by atoms with Gasteiger partial charge in [-0.1, -0.05) is 15.9 Å². The highest BCUT2D eigenvalue weighted by Gasteiger charge is 2.51. The molecule has 0 radical (unpaired) electrons. The third-order valence-corrected chi connectivity index (χ3v) is 7.91. The summed E-state index contributed by atoms with van der Waals surface area (Å²) in [5.74, 6) is 0. The zero-order chi connectivity index (χ0) is 10.3. The van der Waals surface area contributed by atoms with Crippen LogP contribution in [0.5, 0.6) is 0 Å². The van der Waals surface area contributed by atoms with Gasteiger partial charge in [0.2, 0.25) is 7.37 Å². The molecule has 0 saturated carbocycles. The predicted octanol–water partition coefficient (Wildman–Crippen LogP) is 2.57. The monoisotopic (exact) mass is 270 g/mol. The second-order valence-corrected chi connectivity index (χ2v) is 8.30. The zero-order valence-corrected chi connectivity index (χ0v) is 10.6. The smallest absolute Gasteiger partial charge is 0.219 e. The summed E-state index contributed by atoms with van der Waals surface area (Å²) in [5, 5.41) is 9.81. The molecule has 13 heavy (non-hydrogen) atoms. The molecule has 1 aliphatic heterocycles. The molecular weight excluding hydrogens is 255 g/mol. The Morgan fingerprint density at radius 2 is 2.23 bits per heavy atom.